The van der Waals surface area contributed by atoms with E-state index in [2.05, 4.69) is 98.9 Å². The van der Waals surface area contributed by atoms with Gasteiger partial charge in [0.15, 0.2) is 6.10 Å². The Balaban J connectivity index is 3.96. The molecule has 0 saturated heterocycles. The molecule has 0 aliphatic heterocycles. The van der Waals surface area contributed by atoms with Crippen LogP contribution in [0.2, 0.25) is 0 Å². The number of ether oxygens (including phenoxy) is 2. The highest BCUT2D eigenvalue weighted by Crippen LogP contribution is 2.38. The molecular formula is C82H150NO8P. The molecule has 0 aromatic heterocycles. The molecule has 0 fully saturated rings. The molecule has 0 rings (SSSR count). The number of rotatable bonds is 73. The molecule has 0 bridgehead atoms. The van der Waals surface area contributed by atoms with Crippen molar-refractivity contribution in [3.8, 4) is 0 Å². The summed E-state index contributed by atoms with van der Waals surface area (Å²) in [6.45, 7) is 4.19. The highest BCUT2D eigenvalue weighted by Gasteiger charge is 2.22. The summed E-state index contributed by atoms with van der Waals surface area (Å²) in [6, 6.07) is 0. The predicted molar refractivity (Wildman–Crippen MR) is 397 cm³/mol. The molecule has 0 spiro atoms. The van der Waals surface area contributed by atoms with Crippen LogP contribution >= 0.6 is 7.82 Å². The topological polar surface area (TPSA) is 111 Å². The fourth-order valence-electron chi connectivity index (χ4n) is 11.5. The Hall–Kier alpha value is -2.81. The van der Waals surface area contributed by atoms with Crippen molar-refractivity contribution >= 4 is 19.8 Å². The zero-order valence-electron chi connectivity index (χ0n) is 61.2. The maximum Gasteiger partial charge on any atom is 0.306 e. The molecule has 9 nitrogen and oxygen atoms in total. The Bertz CT molecular complexity index is 1830. The molecule has 0 heterocycles. The summed E-state index contributed by atoms with van der Waals surface area (Å²) >= 11 is 0. The first-order valence-corrected chi connectivity index (χ1v) is 40.8. The maximum atomic E-state index is 12.9. The summed E-state index contributed by atoms with van der Waals surface area (Å²) in [4.78, 5) is 38.2. The molecule has 536 valence electrons. The van der Waals surface area contributed by atoms with Crippen molar-refractivity contribution in [1.82, 2.24) is 0 Å². The van der Waals surface area contributed by atoms with Crippen LogP contribution in [-0.2, 0) is 32.7 Å². The van der Waals surface area contributed by atoms with E-state index in [0.29, 0.717) is 17.4 Å². The lowest BCUT2D eigenvalue weighted by molar-refractivity contribution is -0.870. The second-order valence-corrected chi connectivity index (χ2v) is 29.1. The summed E-state index contributed by atoms with van der Waals surface area (Å²) in [5.41, 5.74) is 0. The SMILES string of the molecule is CC/C=C\C/C=C\C/C=C\C/C=C\C/C=C\C/C=C\C/C=C\CCCCCCCCCCCCCCCCCC(=O)OC(COC(=O)CCCCCCCCCCCCCCCCCCCCCCCCCCCCCCCCC)COP(=O)([O-])OCC[N+](C)(C)C. The highest BCUT2D eigenvalue weighted by molar-refractivity contribution is 7.45. The van der Waals surface area contributed by atoms with E-state index in [1.54, 1.807) is 0 Å². The van der Waals surface area contributed by atoms with E-state index in [1.165, 1.54) is 257 Å². The number of nitrogens with zero attached hydrogens (tertiary/aromatic N) is 1. The monoisotopic (exact) mass is 1310 g/mol. The largest absolute Gasteiger partial charge is 0.756 e. The molecule has 0 saturated carbocycles. The van der Waals surface area contributed by atoms with Crippen molar-refractivity contribution in [3.05, 3.63) is 85.1 Å². The van der Waals surface area contributed by atoms with Crippen LogP contribution in [0.1, 0.15) is 373 Å². The minimum Gasteiger partial charge on any atom is -0.756 e. The molecule has 0 aliphatic carbocycles. The van der Waals surface area contributed by atoms with Gasteiger partial charge < -0.3 is 27.9 Å². The third-order valence-corrected chi connectivity index (χ3v) is 18.4. The quantitative estimate of drug-likeness (QED) is 0.0195. The van der Waals surface area contributed by atoms with E-state index in [-0.39, 0.29) is 32.0 Å². The van der Waals surface area contributed by atoms with Crippen molar-refractivity contribution < 1.29 is 42.1 Å². The second kappa shape index (κ2) is 72.5. The normalized spacial score (nSPS) is 13.5. The third kappa shape index (κ3) is 76.2. The Morgan fingerprint density at radius 2 is 0.620 bits per heavy atom. The first-order chi connectivity index (χ1) is 45.0. The van der Waals surface area contributed by atoms with Crippen LogP contribution in [-0.4, -0.2) is 70.0 Å². The van der Waals surface area contributed by atoms with Gasteiger partial charge in [-0.15, -0.1) is 0 Å². The fourth-order valence-corrected chi connectivity index (χ4v) is 12.2. The Labute approximate surface area is 571 Å². The summed E-state index contributed by atoms with van der Waals surface area (Å²) < 4.78 is 34.4. The fraction of sp³-hybridized carbons (Fsp3) is 0.805. The number of quaternary nitrogens is 1. The zero-order chi connectivity index (χ0) is 66.9. The van der Waals surface area contributed by atoms with Crippen molar-refractivity contribution in [1.29, 1.82) is 0 Å². The lowest BCUT2D eigenvalue weighted by Gasteiger charge is -2.28. The van der Waals surface area contributed by atoms with Crippen LogP contribution in [0, 0.1) is 0 Å². The van der Waals surface area contributed by atoms with Gasteiger partial charge in [-0.1, -0.05) is 375 Å². The Kier molecular flexibility index (Phi) is 70.2. The molecule has 10 heteroatoms. The smallest absolute Gasteiger partial charge is 0.306 e. The highest BCUT2D eigenvalue weighted by atomic mass is 31.2. The predicted octanol–water partition coefficient (Wildman–Crippen LogP) is 25.4. The third-order valence-electron chi connectivity index (χ3n) is 17.4. The summed E-state index contributed by atoms with van der Waals surface area (Å²) in [6.07, 6.45) is 99.8. The minimum absolute atomic E-state index is 0.0307. The van der Waals surface area contributed by atoms with Crippen molar-refractivity contribution in [3.63, 3.8) is 0 Å². The van der Waals surface area contributed by atoms with E-state index >= 15 is 0 Å². The van der Waals surface area contributed by atoms with Gasteiger partial charge in [-0.3, -0.25) is 14.2 Å². The first kappa shape index (κ1) is 89.2. The van der Waals surface area contributed by atoms with Gasteiger partial charge in [0.1, 0.15) is 19.8 Å². The zero-order valence-corrected chi connectivity index (χ0v) is 62.1. The summed E-state index contributed by atoms with van der Waals surface area (Å²) in [5.74, 6) is -0.816. The molecule has 0 radical (unpaired) electrons. The number of carbonyl (C=O) groups is 2. The number of unbranched alkanes of at least 4 members (excludes halogenated alkanes) is 45. The molecule has 2 atom stereocenters. The Morgan fingerprint density at radius 3 is 0.924 bits per heavy atom. The van der Waals surface area contributed by atoms with Gasteiger partial charge in [-0.2, -0.15) is 0 Å². The number of allylic oxidation sites excluding steroid dienone is 14. The minimum atomic E-state index is -4.65. The number of phosphoric acid groups is 1. The van der Waals surface area contributed by atoms with Crippen LogP contribution in [0.3, 0.4) is 0 Å². The number of esters is 2. The van der Waals surface area contributed by atoms with Gasteiger partial charge in [-0.05, 0) is 70.6 Å². The molecule has 0 N–H and O–H groups in total. The van der Waals surface area contributed by atoms with Gasteiger partial charge in [0.2, 0.25) is 0 Å². The van der Waals surface area contributed by atoms with Crippen LogP contribution < -0.4 is 4.89 Å². The van der Waals surface area contributed by atoms with Crippen molar-refractivity contribution in [2.45, 2.75) is 380 Å². The lowest BCUT2D eigenvalue weighted by Crippen LogP contribution is -2.37. The standard InChI is InChI=1S/C82H150NO8P/c1-6-8-10-12-14-16-18-20-22-24-26-28-30-32-34-36-38-39-40-41-42-43-45-47-49-51-53-55-57-59-61-63-65-67-69-71-73-75-82(85)91-80(79-90-92(86,87)89-77-76-83(3,4)5)78-88-81(84)74-72-70-68-66-64-62-60-58-56-54-52-50-48-46-44-37-35-33-31-29-27-25-23-21-19-17-15-13-11-9-7-2/h8,10,14,16,20,22,26,28,32,34,38-39,41-42,80H,6-7,9,11-13,15,17-19,21,23-25,27,29-31,33,35-37,40,43-79H2,1-5H3/b10-8-,16-14-,22-20-,28-26-,34-32-,39-38-,42-41-. The second-order valence-electron chi connectivity index (χ2n) is 27.7. The Morgan fingerprint density at radius 1 is 0.348 bits per heavy atom. The average Bonchev–Trinajstić information content (AvgIpc) is 2.34. The maximum absolute atomic E-state index is 12.9. The molecule has 2 unspecified atom stereocenters. The number of hydrogen-bond donors (Lipinski definition) is 0. The van der Waals surface area contributed by atoms with Crippen LogP contribution in [0.15, 0.2) is 85.1 Å². The van der Waals surface area contributed by atoms with Crippen LogP contribution in [0.5, 0.6) is 0 Å². The van der Waals surface area contributed by atoms with Crippen molar-refractivity contribution in [2.75, 3.05) is 47.5 Å². The number of carbonyl (C=O) groups excluding carboxylic acids is 2. The molecule has 0 aromatic carbocycles. The van der Waals surface area contributed by atoms with Gasteiger partial charge in [0, 0.05) is 12.8 Å². The molecule has 92 heavy (non-hydrogen) atoms. The van der Waals surface area contributed by atoms with Gasteiger partial charge >= 0.3 is 11.9 Å². The van der Waals surface area contributed by atoms with Crippen molar-refractivity contribution in [2.24, 2.45) is 0 Å². The first-order valence-electron chi connectivity index (χ1n) is 39.3. The molecule has 0 aromatic rings. The van der Waals surface area contributed by atoms with Gasteiger partial charge in [-0.25, -0.2) is 0 Å². The lowest BCUT2D eigenvalue weighted by atomic mass is 10.0. The molecule has 0 amide bonds. The van der Waals surface area contributed by atoms with Crippen LogP contribution in [0.4, 0.5) is 0 Å². The van der Waals surface area contributed by atoms with Gasteiger partial charge in [0.05, 0.1) is 27.7 Å². The van der Waals surface area contributed by atoms with E-state index in [1.807, 2.05) is 21.1 Å². The molecule has 0 aliphatic rings. The number of phosphoric ester groups is 1. The van der Waals surface area contributed by atoms with E-state index in [9.17, 15) is 19.0 Å². The average molecular weight is 1310 g/mol. The summed E-state index contributed by atoms with van der Waals surface area (Å²) in [5, 5.41) is 0. The summed E-state index contributed by atoms with van der Waals surface area (Å²) in [7, 11) is 1.18. The van der Waals surface area contributed by atoms with Gasteiger partial charge in [0.25, 0.3) is 7.82 Å². The molecular weight excluding hydrogens is 1160 g/mol. The number of hydrogen-bond acceptors (Lipinski definition) is 8. The van der Waals surface area contributed by atoms with E-state index < -0.39 is 26.5 Å². The van der Waals surface area contributed by atoms with E-state index in [4.69, 9.17) is 18.5 Å². The number of likely N-dealkylation sites (N-methyl/N-ethyl adjacent to an activating group) is 1. The van der Waals surface area contributed by atoms with E-state index in [0.717, 1.165) is 83.5 Å². The van der Waals surface area contributed by atoms with Crippen LogP contribution in [0.25, 0.3) is 0 Å².